The highest BCUT2D eigenvalue weighted by Crippen LogP contribution is 2.26. The SMILES string of the molecule is CCN(CC)C(=O)C(C)Nc1cccc(S(N)(=O)=O)c1N. The van der Waals surface area contributed by atoms with Crippen molar-refractivity contribution in [2.24, 2.45) is 5.14 Å². The number of nitrogens with zero attached hydrogens (tertiary/aromatic N) is 1. The van der Waals surface area contributed by atoms with Crippen LogP contribution in [-0.2, 0) is 14.8 Å². The summed E-state index contributed by atoms with van der Waals surface area (Å²) in [4.78, 5) is 13.7. The zero-order chi connectivity index (χ0) is 16.2. The third-order valence-electron chi connectivity index (χ3n) is 3.19. The number of likely N-dealkylation sites (N-methyl/N-ethyl adjacent to an activating group) is 1. The second-order valence-electron chi connectivity index (χ2n) is 4.64. The number of carbonyl (C=O) groups is 1. The van der Waals surface area contributed by atoms with Crippen LogP contribution in [0.5, 0.6) is 0 Å². The zero-order valence-corrected chi connectivity index (χ0v) is 13.3. The molecule has 1 amide bonds. The monoisotopic (exact) mass is 314 g/mol. The summed E-state index contributed by atoms with van der Waals surface area (Å²) < 4.78 is 22.8. The molecule has 0 heterocycles. The number of sulfonamides is 1. The smallest absolute Gasteiger partial charge is 0.244 e. The quantitative estimate of drug-likeness (QED) is 0.664. The molecule has 118 valence electrons. The maximum Gasteiger partial charge on any atom is 0.244 e. The summed E-state index contributed by atoms with van der Waals surface area (Å²) in [6.07, 6.45) is 0. The Kier molecular flexibility index (Phi) is 5.56. The molecule has 0 saturated heterocycles. The average molecular weight is 314 g/mol. The van der Waals surface area contributed by atoms with E-state index < -0.39 is 16.1 Å². The van der Waals surface area contributed by atoms with E-state index in [0.717, 1.165) is 0 Å². The molecule has 0 aliphatic carbocycles. The second-order valence-corrected chi connectivity index (χ2v) is 6.17. The van der Waals surface area contributed by atoms with Gasteiger partial charge in [-0.15, -0.1) is 0 Å². The van der Waals surface area contributed by atoms with Crippen LogP contribution < -0.4 is 16.2 Å². The Bertz CT molecular complexity index is 612. The van der Waals surface area contributed by atoms with Crippen molar-refractivity contribution < 1.29 is 13.2 Å². The van der Waals surface area contributed by atoms with Crippen LogP contribution >= 0.6 is 0 Å². The minimum atomic E-state index is -3.90. The van der Waals surface area contributed by atoms with Crippen LogP contribution in [0.3, 0.4) is 0 Å². The van der Waals surface area contributed by atoms with Gasteiger partial charge < -0.3 is 16.0 Å². The molecule has 8 heteroatoms. The lowest BCUT2D eigenvalue weighted by Crippen LogP contribution is -2.41. The van der Waals surface area contributed by atoms with Crippen LogP contribution in [0.15, 0.2) is 23.1 Å². The summed E-state index contributed by atoms with van der Waals surface area (Å²) in [5, 5.41) is 8.03. The first kappa shape index (κ1) is 17.3. The van der Waals surface area contributed by atoms with Gasteiger partial charge in [0.1, 0.15) is 10.9 Å². The minimum Gasteiger partial charge on any atom is -0.396 e. The number of benzene rings is 1. The molecule has 0 bridgehead atoms. The summed E-state index contributed by atoms with van der Waals surface area (Å²) in [5.41, 5.74) is 6.20. The van der Waals surface area contributed by atoms with E-state index in [9.17, 15) is 13.2 Å². The molecule has 1 rings (SSSR count). The minimum absolute atomic E-state index is 0.0131. The molecule has 0 fully saturated rings. The molecule has 21 heavy (non-hydrogen) atoms. The van der Waals surface area contributed by atoms with Crippen molar-refractivity contribution in [3.63, 3.8) is 0 Å². The Morgan fingerprint density at radius 1 is 1.33 bits per heavy atom. The molecule has 1 aromatic carbocycles. The largest absolute Gasteiger partial charge is 0.396 e. The molecule has 1 aromatic rings. The Hall–Kier alpha value is -1.80. The highest BCUT2D eigenvalue weighted by molar-refractivity contribution is 7.89. The van der Waals surface area contributed by atoms with Gasteiger partial charge in [-0.25, -0.2) is 13.6 Å². The Balaban J connectivity index is 3.02. The van der Waals surface area contributed by atoms with E-state index >= 15 is 0 Å². The number of nitrogens with one attached hydrogen (secondary N) is 1. The molecule has 1 atom stereocenters. The number of nitrogen functional groups attached to an aromatic ring is 1. The molecule has 0 aromatic heterocycles. The van der Waals surface area contributed by atoms with E-state index in [0.29, 0.717) is 18.8 Å². The molecule has 7 nitrogen and oxygen atoms in total. The summed E-state index contributed by atoms with van der Waals surface area (Å²) >= 11 is 0. The van der Waals surface area contributed by atoms with E-state index in [-0.39, 0.29) is 16.5 Å². The van der Waals surface area contributed by atoms with Crippen LogP contribution in [-0.4, -0.2) is 38.4 Å². The van der Waals surface area contributed by atoms with Gasteiger partial charge in [-0.3, -0.25) is 4.79 Å². The molecule has 0 radical (unpaired) electrons. The van der Waals surface area contributed by atoms with Gasteiger partial charge in [0.05, 0.1) is 11.4 Å². The number of amides is 1. The van der Waals surface area contributed by atoms with E-state index in [4.69, 9.17) is 10.9 Å². The number of anilines is 2. The van der Waals surface area contributed by atoms with Gasteiger partial charge in [-0.1, -0.05) is 6.07 Å². The first-order valence-corrected chi connectivity index (χ1v) is 8.23. The van der Waals surface area contributed by atoms with Gasteiger partial charge in [-0.2, -0.15) is 0 Å². The Morgan fingerprint density at radius 2 is 1.90 bits per heavy atom. The first-order chi connectivity index (χ1) is 9.72. The van der Waals surface area contributed by atoms with Crippen molar-refractivity contribution in [3.8, 4) is 0 Å². The van der Waals surface area contributed by atoms with Crippen LogP contribution in [0, 0.1) is 0 Å². The standard InChI is InChI=1S/C13H22N4O3S/c1-4-17(5-2)13(18)9(3)16-10-7-6-8-11(12(10)14)21(15,19)20/h6-9,16H,4-5,14H2,1-3H3,(H2,15,19,20). The number of carbonyl (C=O) groups excluding carboxylic acids is 1. The van der Waals surface area contributed by atoms with Crippen molar-refractivity contribution in [2.75, 3.05) is 24.1 Å². The van der Waals surface area contributed by atoms with E-state index in [1.165, 1.54) is 12.1 Å². The fraction of sp³-hybridized carbons (Fsp3) is 0.462. The first-order valence-electron chi connectivity index (χ1n) is 6.68. The van der Waals surface area contributed by atoms with E-state index in [2.05, 4.69) is 5.32 Å². The van der Waals surface area contributed by atoms with Gasteiger partial charge in [-0.05, 0) is 32.9 Å². The molecule has 1 unspecified atom stereocenters. The van der Waals surface area contributed by atoms with Gasteiger partial charge >= 0.3 is 0 Å². The lowest BCUT2D eigenvalue weighted by atomic mass is 10.2. The number of para-hydroxylation sites is 1. The van der Waals surface area contributed by atoms with Gasteiger partial charge in [0.25, 0.3) is 0 Å². The molecule has 0 saturated carbocycles. The van der Waals surface area contributed by atoms with E-state index in [1.54, 1.807) is 17.9 Å². The third kappa shape index (κ3) is 4.08. The lowest BCUT2D eigenvalue weighted by Gasteiger charge is -2.24. The van der Waals surface area contributed by atoms with Gasteiger partial charge in [0, 0.05) is 13.1 Å². The molecule has 0 aliphatic rings. The molecule has 0 spiro atoms. The van der Waals surface area contributed by atoms with Crippen LogP contribution in [0.2, 0.25) is 0 Å². The van der Waals surface area contributed by atoms with Crippen LogP contribution in [0.4, 0.5) is 11.4 Å². The zero-order valence-electron chi connectivity index (χ0n) is 12.5. The molecule has 5 N–H and O–H groups in total. The number of hydrogen-bond donors (Lipinski definition) is 3. The molecular formula is C13H22N4O3S. The fourth-order valence-electron chi connectivity index (χ4n) is 2.02. The average Bonchev–Trinajstić information content (AvgIpc) is 2.40. The summed E-state index contributed by atoms with van der Waals surface area (Å²) in [6.45, 7) is 6.69. The van der Waals surface area contributed by atoms with Crippen molar-refractivity contribution in [2.45, 2.75) is 31.7 Å². The van der Waals surface area contributed by atoms with Crippen molar-refractivity contribution in [1.82, 2.24) is 4.90 Å². The van der Waals surface area contributed by atoms with E-state index in [1.807, 2.05) is 13.8 Å². The molecule has 0 aliphatic heterocycles. The molecular weight excluding hydrogens is 292 g/mol. The number of nitrogens with two attached hydrogens (primary N) is 2. The summed E-state index contributed by atoms with van der Waals surface area (Å²) in [7, 11) is -3.90. The highest BCUT2D eigenvalue weighted by atomic mass is 32.2. The number of primary sulfonamides is 1. The summed E-state index contributed by atoms with van der Waals surface area (Å²) in [5.74, 6) is -0.0830. The van der Waals surface area contributed by atoms with Crippen molar-refractivity contribution in [1.29, 1.82) is 0 Å². The topological polar surface area (TPSA) is 119 Å². The van der Waals surface area contributed by atoms with Crippen LogP contribution in [0.25, 0.3) is 0 Å². The second kappa shape index (κ2) is 6.77. The summed E-state index contributed by atoms with van der Waals surface area (Å²) in [6, 6.07) is 3.93. The predicted octanol–water partition coefficient (Wildman–Crippen LogP) is 0.585. The normalized spacial score (nSPS) is 12.8. The van der Waals surface area contributed by atoms with Crippen molar-refractivity contribution >= 4 is 27.3 Å². The maximum atomic E-state index is 12.2. The highest BCUT2D eigenvalue weighted by Gasteiger charge is 2.20. The maximum absolute atomic E-state index is 12.2. The predicted molar refractivity (Wildman–Crippen MR) is 83.2 cm³/mol. The Morgan fingerprint density at radius 3 is 2.38 bits per heavy atom. The van der Waals surface area contributed by atoms with Crippen LogP contribution in [0.1, 0.15) is 20.8 Å². The van der Waals surface area contributed by atoms with Gasteiger partial charge in [0.2, 0.25) is 15.9 Å². The fourth-order valence-corrected chi connectivity index (χ4v) is 2.71. The number of rotatable bonds is 6. The van der Waals surface area contributed by atoms with Gasteiger partial charge in [0.15, 0.2) is 0 Å². The Labute approximate surface area is 125 Å². The third-order valence-corrected chi connectivity index (χ3v) is 4.16. The lowest BCUT2D eigenvalue weighted by molar-refractivity contribution is -0.131. The van der Waals surface area contributed by atoms with Crippen molar-refractivity contribution in [3.05, 3.63) is 18.2 Å². The number of hydrogen-bond acceptors (Lipinski definition) is 5.